The Labute approximate surface area is 360 Å². The van der Waals surface area contributed by atoms with E-state index in [1.165, 1.54) is 72.8 Å². The zero-order valence-corrected chi connectivity index (χ0v) is 34.7. The monoisotopic (exact) mass is 906 g/mol. The van der Waals surface area contributed by atoms with E-state index < -0.39 is 45.0 Å². The zero-order chi connectivity index (χ0) is 42.0. The molecule has 5 heterocycles. The Balaban J connectivity index is 0.00000514. The molecule has 4 aromatic carbocycles. The summed E-state index contributed by atoms with van der Waals surface area (Å²) in [6.07, 6.45) is 7.51. The molecule has 0 atom stereocenters. The predicted octanol–water partition coefficient (Wildman–Crippen LogP) is 8.03. The van der Waals surface area contributed by atoms with Gasteiger partial charge in [0.05, 0.1) is 37.5 Å². The Hall–Kier alpha value is -6.27. The number of hydrogen-bond acceptors (Lipinski definition) is 11. The van der Waals surface area contributed by atoms with Gasteiger partial charge in [-0.25, -0.2) is 35.2 Å². The van der Waals surface area contributed by atoms with E-state index in [4.69, 9.17) is 9.97 Å². The van der Waals surface area contributed by atoms with E-state index in [-0.39, 0.29) is 17.1 Å². The number of fused-ring (bicyclic) bond motifs is 8. The SMILES string of the molecule is O=S(=O)([O-])c1ccc(-c2ccc(-c3c4nc(cc5ccc(cc6nc(cc7ccc3[nH]7)C=C6)[nH]5)C=C4)c(-c3ccc(S(=O)(=O)[O-])cc3)c2-c2ccc(S(=O)(=O)[O-])cc2)cc1.[Mn+3]. The maximum atomic E-state index is 12.1. The molecule has 17 heteroatoms. The fourth-order valence-electron chi connectivity index (χ4n) is 7.32. The first kappa shape index (κ1) is 41.5. The van der Waals surface area contributed by atoms with Crippen LogP contribution in [0.2, 0.25) is 0 Å². The van der Waals surface area contributed by atoms with Crippen molar-refractivity contribution in [3.63, 3.8) is 0 Å². The van der Waals surface area contributed by atoms with Crippen molar-refractivity contribution >= 4 is 76.7 Å². The van der Waals surface area contributed by atoms with Gasteiger partial charge in [0.1, 0.15) is 30.4 Å². The molecule has 9 rings (SSSR count). The summed E-state index contributed by atoms with van der Waals surface area (Å²) in [7, 11) is -14.5. The van der Waals surface area contributed by atoms with E-state index in [1.807, 2.05) is 72.8 Å². The van der Waals surface area contributed by atoms with Crippen LogP contribution in [-0.4, -0.2) is 58.8 Å². The molecule has 0 saturated carbocycles. The first-order chi connectivity index (χ1) is 28.6. The summed E-state index contributed by atoms with van der Waals surface area (Å²) in [6.45, 7) is 0. The fourth-order valence-corrected chi connectivity index (χ4v) is 8.73. The van der Waals surface area contributed by atoms with Crippen molar-refractivity contribution < 1.29 is 56.0 Å². The number of rotatable bonds is 7. The number of nitrogens with zero attached hydrogens (tertiary/aromatic N) is 2. The summed E-state index contributed by atoms with van der Waals surface area (Å²) in [5.74, 6) is 0. The minimum Gasteiger partial charge on any atom is -0.744 e. The number of aromatic nitrogens is 4. The molecule has 61 heavy (non-hydrogen) atoms. The molecule has 3 aromatic heterocycles. The van der Waals surface area contributed by atoms with Crippen molar-refractivity contribution in [1.82, 2.24) is 19.9 Å². The van der Waals surface area contributed by atoms with Crippen molar-refractivity contribution in [2.24, 2.45) is 0 Å². The predicted molar refractivity (Wildman–Crippen MR) is 224 cm³/mol. The molecule has 13 nitrogen and oxygen atoms in total. The third-order valence-electron chi connectivity index (χ3n) is 10.0. The summed E-state index contributed by atoms with van der Waals surface area (Å²) in [5, 5.41) is 0. The second kappa shape index (κ2) is 15.6. The van der Waals surface area contributed by atoms with Crippen LogP contribution in [0.1, 0.15) is 22.8 Å². The molecule has 8 bridgehead atoms. The molecule has 0 aliphatic carbocycles. The second-order valence-corrected chi connectivity index (χ2v) is 18.0. The van der Waals surface area contributed by atoms with Gasteiger partial charge in [-0.2, -0.15) is 0 Å². The summed E-state index contributed by atoms with van der Waals surface area (Å²) in [4.78, 5) is 15.2. The van der Waals surface area contributed by atoms with Crippen LogP contribution in [0.5, 0.6) is 0 Å². The van der Waals surface area contributed by atoms with E-state index in [0.717, 1.165) is 16.7 Å². The maximum Gasteiger partial charge on any atom is 3.00 e. The minimum absolute atomic E-state index is 0. The normalized spacial score (nSPS) is 12.6. The molecule has 0 spiro atoms. The molecule has 2 N–H and O–H groups in total. The van der Waals surface area contributed by atoms with Gasteiger partial charge in [0.25, 0.3) is 0 Å². The van der Waals surface area contributed by atoms with Gasteiger partial charge in [0, 0.05) is 27.6 Å². The molecule has 0 saturated heterocycles. The molecule has 2 aliphatic heterocycles. The van der Waals surface area contributed by atoms with Crippen molar-refractivity contribution in [1.29, 1.82) is 0 Å². The molecule has 302 valence electrons. The fraction of sp³-hybridized carbons (Fsp3) is 0. The van der Waals surface area contributed by atoms with Gasteiger partial charge in [-0.15, -0.1) is 0 Å². The first-order valence-corrected chi connectivity index (χ1v) is 22.2. The number of hydrogen-bond donors (Lipinski definition) is 2. The topological polar surface area (TPSA) is 229 Å². The van der Waals surface area contributed by atoms with Crippen LogP contribution < -0.4 is 0 Å². The third-order valence-corrected chi connectivity index (χ3v) is 12.6. The molecule has 2 aliphatic rings. The van der Waals surface area contributed by atoms with E-state index in [1.54, 1.807) is 6.07 Å². The maximum absolute atomic E-state index is 12.1. The van der Waals surface area contributed by atoms with E-state index in [2.05, 4.69) is 9.97 Å². The molecule has 0 radical (unpaired) electrons. The van der Waals surface area contributed by atoms with Crippen LogP contribution in [0.15, 0.2) is 142 Å². The van der Waals surface area contributed by atoms with Crippen LogP contribution in [0.3, 0.4) is 0 Å². The third kappa shape index (κ3) is 8.41. The van der Waals surface area contributed by atoms with Gasteiger partial charge in [0.2, 0.25) is 0 Å². The van der Waals surface area contributed by atoms with Crippen LogP contribution in [-0.2, 0) is 47.4 Å². The quantitative estimate of drug-likeness (QED) is 0.115. The van der Waals surface area contributed by atoms with Gasteiger partial charge in [0.15, 0.2) is 0 Å². The summed E-state index contributed by atoms with van der Waals surface area (Å²) >= 11 is 0. The van der Waals surface area contributed by atoms with Gasteiger partial charge >= 0.3 is 17.1 Å². The molecule has 0 unspecified atom stereocenters. The van der Waals surface area contributed by atoms with Crippen molar-refractivity contribution in [3.8, 4) is 44.5 Å². The van der Waals surface area contributed by atoms with Crippen molar-refractivity contribution in [3.05, 3.63) is 150 Å². The minimum atomic E-state index is -4.85. The van der Waals surface area contributed by atoms with Crippen LogP contribution in [0.25, 0.3) is 90.9 Å². The largest absolute Gasteiger partial charge is 3.00 e. The van der Waals surface area contributed by atoms with Gasteiger partial charge in [-0.1, -0.05) is 48.5 Å². The van der Waals surface area contributed by atoms with Crippen LogP contribution in [0.4, 0.5) is 0 Å². The second-order valence-electron chi connectivity index (χ2n) is 13.9. The number of aromatic amines is 2. The summed E-state index contributed by atoms with van der Waals surface area (Å²) in [5.41, 5.74) is 9.41. The molecular formula is C44H27MnN4O9S3. The van der Waals surface area contributed by atoms with Crippen LogP contribution >= 0.6 is 0 Å². The van der Waals surface area contributed by atoms with E-state index in [0.29, 0.717) is 72.6 Å². The molecule has 0 amide bonds. The Morgan fingerprint density at radius 3 is 1.28 bits per heavy atom. The molecule has 7 aromatic rings. The van der Waals surface area contributed by atoms with Gasteiger partial charge < -0.3 is 23.6 Å². The van der Waals surface area contributed by atoms with Gasteiger partial charge in [-0.3, -0.25) is 0 Å². The molecule has 0 fully saturated rings. The zero-order valence-electron chi connectivity index (χ0n) is 31.1. The first-order valence-electron chi connectivity index (χ1n) is 18.0. The average Bonchev–Trinajstić information content (AvgIpc) is 4.04. The van der Waals surface area contributed by atoms with E-state index >= 15 is 0 Å². The Morgan fingerprint density at radius 1 is 0.393 bits per heavy atom. The average molecular weight is 907 g/mol. The number of benzene rings is 4. The number of H-pyrrole nitrogens is 2. The summed E-state index contributed by atoms with van der Waals surface area (Å²) < 4.78 is 108. The standard InChI is InChI=1S/C44H30N4O9S3.Mn/c49-58(50,51)35-13-1-26(2-14-35)38-19-20-39(43(28-5-17-37(18-6-28)60(55,56)57)42(38)27-3-15-36(16-4-27)59(52,53)54)44-40-21-11-33(47-40)24-31-9-7-29(45-31)23-30-8-10-32(46-30)25-34-12-22-41(44)48-34;/h1-25,45,48H,(H,49,50,51)(H,52,53,54)(H,55,56,57);/q;+3/p-3. The Bertz CT molecular complexity index is 3490. The molecular weight excluding hydrogens is 880 g/mol. The van der Waals surface area contributed by atoms with Crippen molar-refractivity contribution in [2.75, 3.05) is 0 Å². The van der Waals surface area contributed by atoms with E-state index in [9.17, 15) is 38.9 Å². The Kier molecular flexibility index (Phi) is 10.6. The number of nitrogens with one attached hydrogen (secondary N) is 2. The van der Waals surface area contributed by atoms with Crippen molar-refractivity contribution in [2.45, 2.75) is 14.7 Å². The van der Waals surface area contributed by atoms with Crippen LogP contribution in [0, 0.1) is 0 Å². The van der Waals surface area contributed by atoms with Gasteiger partial charge in [-0.05, 0) is 142 Å². The summed E-state index contributed by atoms with van der Waals surface area (Å²) in [6, 6.07) is 32.7. The smallest absolute Gasteiger partial charge is 0.744 e. The Morgan fingerprint density at radius 2 is 0.787 bits per heavy atom.